The van der Waals surface area contributed by atoms with Crippen LogP contribution in [0.25, 0.3) is 27.5 Å². The molecule has 0 spiro atoms. The molecule has 0 aliphatic heterocycles. The van der Waals surface area contributed by atoms with Gasteiger partial charge in [0.25, 0.3) is 0 Å². The van der Waals surface area contributed by atoms with Crippen LogP contribution in [0.3, 0.4) is 0 Å². The standard InChI is InChI=1S/C25H24N4O4/c1-25(2,3)33-21(30)14-29-19-8-6-5-7-17(19)18-11-16(9-10-20(18)29)28-13-15(12-26)22(27)23(28)24(31)32-4/h5-11,13H,14,27H2,1-4H3. The van der Waals surface area contributed by atoms with Crippen molar-refractivity contribution in [1.29, 1.82) is 5.26 Å². The quantitative estimate of drug-likeness (QED) is 0.473. The molecule has 0 fully saturated rings. The van der Waals surface area contributed by atoms with Crippen LogP contribution in [0, 0.1) is 11.3 Å². The van der Waals surface area contributed by atoms with Crippen LogP contribution in [0.4, 0.5) is 5.69 Å². The highest BCUT2D eigenvalue weighted by molar-refractivity contribution is 6.09. The summed E-state index contributed by atoms with van der Waals surface area (Å²) in [5.41, 5.74) is 8.15. The second kappa shape index (κ2) is 8.02. The summed E-state index contributed by atoms with van der Waals surface area (Å²) in [5, 5.41) is 11.2. The van der Waals surface area contributed by atoms with E-state index in [4.69, 9.17) is 15.2 Å². The SMILES string of the molecule is COC(=O)c1c(N)c(C#N)cn1-c1ccc2c(c1)c1ccccc1n2CC(=O)OC(C)(C)C. The maximum absolute atomic E-state index is 12.6. The minimum absolute atomic E-state index is 0.0586. The van der Waals surface area contributed by atoms with E-state index in [-0.39, 0.29) is 29.5 Å². The summed E-state index contributed by atoms with van der Waals surface area (Å²) in [6, 6.07) is 15.3. The number of hydrogen-bond donors (Lipinski definition) is 1. The van der Waals surface area contributed by atoms with Crippen molar-refractivity contribution in [1.82, 2.24) is 9.13 Å². The van der Waals surface area contributed by atoms with Gasteiger partial charge in [-0.05, 0) is 45.0 Å². The van der Waals surface area contributed by atoms with Gasteiger partial charge in [-0.3, -0.25) is 4.79 Å². The van der Waals surface area contributed by atoms with E-state index in [0.717, 1.165) is 21.8 Å². The summed E-state index contributed by atoms with van der Waals surface area (Å²) >= 11 is 0. The summed E-state index contributed by atoms with van der Waals surface area (Å²) in [6.07, 6.45) is 1.52. The minimum Gasteiger partial charge on any atom is -0.464 e. The van der Waals surface area contributed by atoms with E-state index in [1.54, 1.807) is 10.6 Å². The van der Waals surface area contributed by atoms with Gasteiger partial charge in [0.15, 0.2) is 5.69 Å². The van der Waals surface area contributed by atoms with Gasteiger partial charge in [0, 0.05) is 33.7 Å². The molecule has 0 bridgehead atoms. The molecule has 4 aromatic rings. The number of aromatic nitrogens is 2. The second-order valence-corrected chi connectivity index (χ2v) is 8.67. The zero-order chi connectivity index (χ0) is 23.9. The number of benzene rings is 2. The van der Waals surface area contributed by atoms with Crippen molar-refractivity contribution in [3.05, 3.63) is 59.9 Å². The molecule has 0 saturated carbocycles. The van der Waals surface area contributed by atoms with E-state index >= 15 is 0 Å². The first kappa shape index (κ1) is 22.0. The number of methoxy groups -OCH3 is 1. The van der Waals surface area contributed by atoms with E-state index < -0.39 is 11.6 Å². The molecule has 2 aromatic heterocycles. The van der Waals surface area contributed by atoms with Gasteiger partial charge >= 0.3 is 11.9 Å². The van der Waals surface area contributed by atoms with Crippen molar-refractivity contribution >= 4 is 39.4 Å². The Morgan fingerprint density at radius 3 is 2.45 bits per heavy atom. The van der Waals surface area contributed by atoms with Gasteiger partial charge in [-0.15, -0.1) is 0 Å². The zero-order valence-electron chi connectivity index (χ0n) is 18.9. The van der Waals surface area contributed by atoms with Crippen LogP contribution in [0.15, 0.2) is 48.7 Å². The van der Waals surface area contributed by atoms with Crippen LogP contribution < -0.4 is 5.73 Å². The number of para-hydroxylation sites is 1. The van der Waals surface area contributed by atoms with Crippen LogP contribution in [0.1, 0.15) is 36.8 Å². The van der Waals surface area contributed by atoms with Crippen LogP contribution in [-0.4, -0.2) is 33.8 Å². The van der Waals surface area contributed by atoms with Gasteiger partial charge in [0.2, 0.25) is 0 Å². The van der Waals surface area contributed by atoms with Crippen LogP contribution >= 0.6 is 0 Å². The molecule has 0 radical (unpaired) electrons. The highest BCUT2D eigenvalue weighted by Crippen LogP contribution is 2.32. The number of nitrogens with two attached hydrogens (primary N) is 1. The highest BCUT2D eigenvalue weighted by atomic mass is 16.6. The first-order chi connectivity index (χ1) is 15.6. The Labute approximate surface area is 190 Å². The van der Waals surface area contributed by atoms with E-state index in [2.05, 4.69) is 0 Å². The Balaban J connectivity index is 1.90. The number of carbonyl (C=O) groups is 2. The molecular formula is C25H24N4O4. The van der Waals surface area contributed by atoms with Gasteiger partial charge in [0.05, 0.1) is 18.4 Å². The van der Waals surface area contributed by atoms with Crippen molar-refractivity contribution < 1.29 is 19.1 Å². The lowest BCUT2D eigenvalue weighted by Crippen LogP contribution is -2.26. The summed E-state index contributed by atoms with van der Waals surface area (Å²) in [6.45, 7) is 5.56. The molecule has 4 rings (SSSR count). The lowest BCUT2D eigenvalue weighted by atomic mass is 10.1. The van der Waals surface area contributed by atoms with E-state index in [0.29, 0.717) is 5.69 Å². The Morgan fingerprint density at radius 2 is 1.79 bits per heavy atom. The summed E-state index contributed by atoms with van der Waals surface area (Å²) in [5.74, 6) is -0.972. The molecule has 0 unspecified atom stereocenters. The number of nitrogen functional groups attached to an aromatic ring is 1. The topological polar surface area (TPSA) is 112 Å². The second-order valence-electron chi connectivity index (χ2n) is 8.67. The molecule has 33 heavy (non-hydrogen) atoms. The third-order valence-corrected chi connectivity index (χ3v) is 5.28. The number of anilines is 1. The fourth-order valence-corrected chi connectivity index (χ4v) is 3.98. The normalized spacial score (nSPS) is 11.5. The number of hydrogen-bond acceptors (Lipinski definition) is 6. The van der Waals surface area contributed by atoms with Crippen molar-refractivity contribution in [2.24, 2.45) is 0 Å². The zero-order valence-corrected chi connectivity index (χ0v) is 18.9. The first-order valence-corrected chi connectivity index (χ1v) is 10.4. The number of carbonyl (C=O) groups excluding carboxylic acids is 2. The number of nitrogens with zero attached hydrogens (tertiary/aromatic N) is 3. The largest absolute Gasteiger partial charge is 0.464 e. The van der Waals surface area contributed by atoms with E-state index in [1.165, 1.54) is 13.3 Å². The lowest BCUT2D eigenvalue weighted by molar-refractivity contribution is -0.155. The van der Waals surface area contributed by atoms with Crippen LogP contribution in [-0.2, 0) is 20.8 Å². The highest BCUT2D eigenvalue weighted by Gasteiger charge is 2.23. The predicted molar refractivity (Wildman–Crippen MR) is 125 cm³/mol. The van der Waals surface area contributed by atoms with Crippen molar-refractivity contribution in [3.63, 3.8) is 0 Å². The molecule has 0 amide bonds. The van der Waals surface area contributed by atoms with Crippen molar-refractivity contribution in [3.8, 4) is 11.8 Å². The monoisotopic (exact) mass is 444 g/mol. The van der Waals surface area contributed by atoms with Gasteiger partial charge in [-0.25, -0.2) is 4.79 Å². The van der Waals surface area contributed by atoms with Crippen LogP contribution in [0.5, 0.6) is 0 Å². The molecule has 0 aliphatic carbocycles. The molecule has 8 heteroatoms. The van der Waals surface area contributed by atoms with Gasteiger partial charge < -0.3 is 24.3 Å². The molecule has 0 saturated heterocycles. The van der Waals surface area contributed by atoms with Crippen LogP contribution in [0.2, 0.25) is 0 Å². The van der Waals surface area contributed by atoms with Gasteiger partial charge in [-0.1, -0.05) is 18.2 Å². The van der Waals surface area contributed by atoms with E-state index in [1.807, 2.05) is 67.8 Å². The maximum atomic E-state index is 12.6. The Hall–Kier alpha value is -4.25. The molecule has 168 valence electrons. The number of fused-ring (bicyclic) bond motifs is 3. The molecule has 8 nitrogen and oxygen atoms in total. The Kier molecular flexibility index (Phi) is 5.34. The average Bonchev–Trinajstić information content (AvgIpc) is 3.26. The summed E-state index contributed by atoms with van der Waals surface area (Å²) in [7, 11) is 1.26. The average molecular weight is 444 g/mol. The number of ether oxygens (including phenoxy) is 2. The molecule has 0 atom stereocenters. The number of esters is 2. The summed E-state index contributed by atoms with van der Waals surface area (Å²) < 4.78 is 13.9. The molecule has 2 heterocycles. The fourth-order valence-electron chi connectivity index (χ4n) is 3.98. The fraction of sp³-hybridized carbons (Fsp3) is 0.240. The lowest BCUT2D eigenvalue weighted by Gasteiger charge is -2.20. The molecular weight excluding hydrogens is 420 g/mol. The van der Waals surface area contributed by atoms with Gasteiger partial charge in [0.1, 0.15) is 18.2 Å². The summed E-state index contributed by atoms with van der Waals surface area (Å²) in [4.78, 5) is 25.0. The van der Waals surface area contributed by atoms with Crippen molar-refractivity contribution in [2.45, 2.75) is 32.9 Å². The smallest absolute Gasteiger partial charge is 0.357 e. The van der Waals surface area contributed by atoms with Crippen molar-refractivity contribution in [2.75, 3.05) is 12.8 Å². The van der Waals surface area contributed by atoms with E-state index in [9.17, 15) is 14.9 Å². The molecule has 0 aliphatic rings. The molecule has 2 N–H and O–H groups in total. The first-order valence-electron chi connectivity index (χ1n) is 10.4. The minimum atomic E-state index is -0.638. The molecule has 2 aromatic carbocycles. The Morgan fingerprint density at radius 1 is 1.09 bits per heavy atom. The maximum Gasteiger partial charge on any atom is 0.357 e. The third kappa shape index (κ3) is 3.89. The van der Waals surface area contributed by atoms with Gasteiger partial charge in [-0.2, -0.15) is 5.26 Å². The third-order valence-electron chi connectivity index (χ3n) is 5.28. The Bertz CT molecular complexity index is 1450. The number of nitriles is 1. The number of rotatable bonds is 4. The predicted octanol–water partition coefficient (Wildman–Crippen LogP) is 4.17.